The number of hydrogen-bond acceptors (Lipinski definition) is 3. The van der Waals surface area contributed by atoms with Gasteiger partial charge in [0.05, 0.1) is 18.1 Å². The van der Waals surface area contributed by atoms with Crippen molar-refractivity contribution in [3.8, 4) is 5.75 Å². The molecular formula is C19H24O4. The summed E-state index contributed by atoms with van der Waals surface area (Å²) in [7, 11) is 0. The first-order valence-corrected chi connectivity index (χ1v) is 8.68. The molecule has 4 aliphatic rings. The Balaban J connectivity index is 1.39. The molecule has 2 bridgehead atoms. The van der Waals surface area contributed by atoms with E-state index < -0.39 is 5.97 Å². The Hall–Kier alpha value is -1.55. The van der Waals surface area contributed by atoms with Gasteiger partial charge in [-0.25, -0.2) is 0 Å². The van der Waals surface area contributed by atoms with E-state index in [1.807, 2.05) is 12.1 Å². The minimum atomic E-state index is -0.626. The van der Waals surface area contributed by atoms with Crippen LogP contribution in [0, 0.1) is 17.3 Å². The zero-order valence-corrected chi connectivity index (χ0v) is 13.3. The number of benzene rings is 1. The van der Waals surface area contributed by atoms with Crippen molar-refractivity contribution in [3.63, 3.8) is 0 Å². The van der Waals surface area contributed by atoms with Crippen molar-refractivity contribution in [1.29, 1.82) is 0 Å². The van der Waals surface area contributed by atoms with E-state index in [0.29, 0.717) is 11.7 Å². The van der Waals surface area contributed by atoms with Crippen molar-refractivity contribution in [2.75, 3.05) is 6.61 Å². The molecule has 4 nitrogen and oxygen atoms in total. The Bertz CT molecular complexity index is 599. The molecule has 2 saturated carbocycles. The van der Waals surface area contributed by atoms with E-state index in [9.17, 15) is 9.90 Å². The zero-order valence-electron chi connectivity index (χ0n) is 13.3. The predicted molar refractivity (Wildman–Crippen MR) is 85.1 cm³/mol. The molecule has 23 heavy (non-hydrogen) atoms. The van der Waals surface area contributed by atoms with E-state index in [1.165, 1.54) is 0 Å². The molecule has 1 aromatic carbocycles. The Kier molecular flexibility index (Phi) is 3.41. The number of aliphatic carboxylic acids is 1. The summed E-state index contributed by atoms with van der Waals surface area (Å²) in [5, 5.41) is 18.8. The molecule has 2 aliphatic heterocycles. The molecule has 2 heterocycles. The van der Waals surface area contributed by atoms with Crippen molar-refractivity contribution in [1.82, 2.24) is 0 Å². The van der Waals surface area contributed by atoms with Crippen LogP contribution in [0.4, 0.5) is 0 Å². The first-order valence-electron chi connectivity index (χ1n) is 8.68. The van der Waals surface area contributed by atoms with E-state index in [-0.39, 0.29) is 16.9 Å². The number of rotatable bonds is 5. The van der Waals surface area contributed by atoms with Gasteiger partial charge in [0.15, 0.2) is 0 Å². The van der Waals surface area contributed by atoms with Crippen LogP contribution >= 0.6 is 0 Å². The highest BCUT2D eigenvalue weighted by molar-refractivity contribution is 5.73. The van der Waals surface area contributed by atoms with E-state index >= 15 is 0 Å². The zero-order chi connectivity index (χ0) is 16.1. The van der Waals surface area contributed by atoms with Crippen molar-refractivity contribution in [2.45, 2.75) is 50.5 Å². The maximum absolute atomic E-state index is 11.0. The van der Waals surface area contributed by atoms with Crippen LogP contribution in [-0.2, 0) is 15.1 Å². The van der Waals surface area contributed by atoms with Gasteiger partial charge in [0.2, 0.25) is 0 Å². The number of fused-ring (bicyclic) bond motifs is 3. The van der Waals surface area contributed by atoms with E-state index in [1.54, 1.807) is 6.07 Å². The van der Waals surface area contributed by atoms with Crippen LogP contribution < -0.4 is 0 Å². The summed E-state index contributed by atoms with van der Waals surface area (Å²) < 4.78 is 6.31. The normalized spacial score (nSPS) is 38.4. The average Bonchev–Trinajstić information content (AvgIpc) is 3.35. The fourth-order valence-corrected chi connectivity index (χ4v) is 4.61. The summed E-state index contributed by atoms with van der Waals surface area (Å²) in [6.07, 6.45) is 7.28. The first-order chi connectivity index (χ1) is 11.0. The average molecular weight is 316 g/mol. The highest BCUT2D eigenvalue weighted by Crippen LogP contribution is 2.57. The standard InChI is InChI=1S/C19H24O4/c20-15-3-1-2-14(11-15)19-8-6-18(7-9-19,12-23-19)5-4-13-10-16(13)17(21)22/h1-3,11,13,16,20H,4-10,12H2,(H,21,22). The number of hydrogen-bond donors (Lipinski definition) is 2. The molecule has 2 N–H and O–H groups in total. The Morgan fingerprint density at radius 3 is 2.61 bits per heavy atom. The maximum atomic E-state index is 11.0. The topological polar surface area (TPSA) is 66.8 Å². The van der Waals surface area contributed by atoms with Crippen LogP contribution in [0.5, 0.6) is 5.75 Å². The molecular weight excluding hydrogens is 292 g/mol. The van der Waals surface area contributed by atoms with E-state index in [0.717, 1.165) is 57.1 Å². The van der Waals surface area contributed by atoms with Gasteiger partial charge in [-0.15, -0.1) is 0 Å². The fourth-order valence-electron chi connectivity index (χ4n) is 4.61. The predicted octanol–water partition coefficient (Wildman–Crippen LogP) is 3.68. The molecule has 4 fully saturated rings. The number of phenolic OH excluding ortho intramolecular Hbond substituents is 1. The molecule has 0 spiro atoms. The third-order valence-corrected chi connectivity index (χ3v) is 6.43. The lowest BCUT2D eigenvalue weighted by Gasteiger charge is -2.53. The molecule has 2 aliphatic carbocycles. The minimum absolute atomic E-state index is 0.0918. The summed E-state index contributed by atoms with van der Waals surface area (Å²) in [6, 6.07) is 7.47. The first kappa shape index (κ1) is 15.0. The van der Waals surface area contributed by atoms with E-state index in [4.69, 9.17) is 9.84 Å². The monoisotopic (exact) mass is 316 g/mol. The molecule has 5 rings (SSSR count). The number of aromatic hydroxyl groups is 1. The van der Waals surface area contributed by atoms with Gasteiger partial charge < -0.3 is 14.9 Å². The van der Waals surface area contributed by atoms with Crippen molar-refractivity contribution >= 4 is 5.97 Å². The van der Waals surface area contributed by atoms with Gasteiger partial charge in [-0.1, -0.05) is 12.1 Å². The van der Waals surface area contributed by atoms with Gasteiger partial charge in [-0.05, 0) is 74.0 Å². The largest absolute Gasteiger partial charge is 0.508 e. The van der Waals surface area contributed by atoms with Crippen LogP contribution in [0.15, 0.2) is 24.3 Å². The second-order valence-corrected chi connectivity index (χ2v) is 7.81. The van der Waals surface area contributed by atoms with Crippen molar-refractivity contribution in [3.05, 3.63) is 29.8 Å². The third-order valence-electron chi connectivity index (χ3n) is 6.43. The number of carboxylic acid groups (broad SMARTS) is 1. The molecule has 2 saturated heterocycles. The molecule has 2 atom stereocenters. The minimum Gasteiger partial charge on any atom is -0.508 e. The van der Waals surface area contributed by atoms with E-state index in [2.05, 4.69) is 6.07 Å². The van der Waals surface area contributed by atoms with Gasteiger partial charge in [-0.2, -0.15) is 0 Å². The lowest BCUT2D eigenvalue weighted by atomic mass is 9.62. The van der Waals surface area contributed by atoms with Crippen LogP contribution in [0.1, 0.15) is 50.5 Å². The molecule has 0 aromatic heterocycles. The molecule has 4 heteroatoms. The smallest absolute Gasteiger partial charge is 0.306 e. The highest BCUT2D eigenvalue weighted by atomic mass is 16.5. The van der Waals surface area contributed by atoms with Crippen molar-refractivity contribution < 1.29 is 19.7 Å². The van der Waals surface area contributed by atoms with Gasteiger partial charge >= 0.3 is 5.97 Å². The second kappa shape index (κ2) is 5.23. The van der Waals surface area contributed by atoms with Crippen LogP contribution in [0.25, 0.3) is 0 Å². The molecule has 1 aromatic rings. The Morgan fingerprint density at radius 2 is 2.04 bits per heavy atom. The molecule has 0 amide bonds. The van der Waals surface area contributed by atoms with Gasteiger partial charge in [0.1, 0.15) is 5.75 Å². The van der Waals surface area contributed by atoms with Crippen LogP contribution in [0.2, 0.25) is 0 Å². The summed E-state index contributed by atoms with van der Waals surface area (Å²) in [6.45, 7) is 0.771. The Morgan fingerprint density at radius 1 is 1.26 bits per heavy atom. The third kappa shape index (κ3) is 2.63. The van der Waals surface area contributed by atoms with Crippen molar-refractivity contribution in [2.24, 2.45) is 17.3 Å². The lowest BCUT2D eigenvalue weighted by Crippen LogP contribution is -2.49. The summed E-state index contributed by atoms with van der Waals surface area (Å²) in [5.74, 6) is -0.0253. The van der Waals surface area contributed by atoms with Gasteiger partial charge in [0.25, 0.3) is 0 Å². The summed E-state index contributed by atoms with van der Waals surface area (Å²) >= 11 is 0. The number of phenols is 1. The maximum Gasteiger partial charge on any atom is 0.306 e. The van der Waals surface area contributed by atoms with Crippen LogP contribution in [0.3, 0.4) is 0 Å². The SMILES string of the molecule is O=C(O)C1CC1CCC12CCC(c3cccc(O)c3)(CC1)OC2. The Labute approximate surface area is 136 Å². The van der Waals surface area contributed by atoms with Gasteiger partial charge in [0, 0.05) is 0 Å². The second-order valence-electron chi connectivity index (χ2n) is 7.81. The highest BCUT2D eigenvalue weighted by Gasteiger charge is 2.51. The number of ether oxygens (including phenoxy) is 1. The van der Waals surface area contributed by atoms with Gasteiger partial charge in [-0.3, -0.25) is 4.79 Å². The summed E-state index contributed by atoms with van der Waals surface area (Å²) in [5.41, 5.74) is 1.13. The molecule has 0 radical (unpaired) electrons. The fraction of sp³-hybridized carbons (Fsp3) is 0.632. The molecule has 2 unspecified atom stereocenters. The lowest BCUT2D eigenvalue weighted by molar-refractivity contribution is -0.192. The number of carboxylic acids is 1. The summed E-state index contributed by atoms with van der Waals surface area (Å²) in [4.78, 5) is 11.0. The van der Waals surface area contributed by atoms with Crippen LogP contribution in [-0.4, -0.2) is 22.8 Å². The number of carbonyl (C=O) groups is 1. The quantitative estimate of drug-likeness (QED) is 0.869. The molecule has 124 valence electrons.